The van der Waals surface area contributed by atoms with Crippen LogP contribution in [0.3, 0.4) is 0 Å². The molecule has 46 heavy (non-hydrogen) atoms. The number of allylic oxidation sites excluding steroid dienone is 2. The highest BCUT2D eigenvalue weighted by Gasteiger charge is 2.46. The summed E-state index contributed by atoms with van der Waals surface area (Å²) in [5.41, 5.74) is 6.00. The van der Waals surface area contributed by atoms with E-state index in [1.807, 2.05) is 39.1 Å². The van der Waals surface area contributed by atoms with Crippen molar-refractivity contribution in [2.45, 2.75) is 63.2 Å². The minimum absolute atomic E-state index is 0.297. The van der Waals surface area contributed by atoms with E-state index in [1.54, 1.807) is 17.8 Å². The van der Waals surface area contributed by atoms with Gasteiger partial charge in [0.05, 0.1) is 27.1 Å². The molecule has 246 valence electrons. The molecule has 1 spiro atoms. The largest absolute Gasteiger partial charge is 0.494 e. The second-order valence-corrected chi connectivity index (χ2v) is 14.9. The Kier molecular flexibility index (Phi) is 11.4. The van der Waals surface area contributed by atoms with Crippen molar-refractivity contribution in [2.24, 2.45) is 16.3 Å². The molecule has 0 radical (unpaired) electrons. The molecule has 9 heteroatoms. The number of aryl methyl sites for hydroxylation is 1. The van der Waals surface area contributed by atoms with Crippen LogP contribution in [0.4, 0.5) is 5.69 Å². The summed E-state index contributed by atoms with van der Waals surface area (Å²) in [6.45, 7) is 14.8. The fraction of sp³-hybridized carbons (Fsp3) is 0.459. The van der Waals surface area contributed by atoms with Crippen LogP contribution in [-0.2, 0) is 9.47 Å². The van der Waals surface area contributed by atoms with Crippen molar-refractivity contribution in [3.05, 3.63) is 86.6 Å². The molecular weight excluding hydrogens is 639 g/mol. The van der Waals surface area contributed by atoms with Crippen LogP contribution in [0.15, 0.2) is 64.2 Å². The van der Waals surface area contributed by atoms with Gasteiger partial charge < -0.3 is 14.6 Å². The van der Waals surface area contributed by atoms with Gasteiger partial charge in [0.2, 0.25) is 0 Å². The Labute approximate surface area is 287 Å². The Balaban J connectivity index is 1.20. The Morgan fingerprint density at radius 3 is 2.48 bits per heavy atom. The van der Waals surface area contributed by atoms with E-state index in [-0.39, 0.29) is 0 Å². The normalized spacial score (nSPS) is 18.5. The number of aliphatic imine (C=N–C) groups is 1. The number of benzene rings is 2. The first-order valence-corrected chi connectivity index (χ1v) is 17.7. The first-order valence-electron chi connectivity index (χ1n) is 15.9. The van der Waals surface area contributed by atoms with Crippen LogP contribution in [0.5, 0.6) is 0 Å². The molecule has 2 aromatic rings. The number of ether oxygens (including phenoxy) is 2. The third-order valence-corrected chi connectivity index (χ3v) is 11.2. The number of carboxylic acids is 1. The molecule has 6 nitrogen and oxygen atoms in total. The zero-order valence-corrected chi connectivity index (χ0v) is 29.4. The molecule has 0 aromatic heterocycles. The molecule has 3 aliphatic rings. The molecule has 5 rings (SSSR count). The van der Waals surface area contributed by atoms with Gasteiger partial charge in [0, 0.05) is 36.1 Å². The van der Waals surface area contributed by atoms with E-state index < -0.39 is 5.97 Å². The second-order valence-electron chi connectivity index (χ2n) is 13.1. The summed E-state index contributed by atoms with van der Waals surface area (Å²) in [6.07, 6.45) is 10.9. The van der Waals surface area contributed by atoms with Crippen molar-refractivity contribution in [2.75, 3.05) is 39.3 Å². The van der Waals surface area contributed by atoms with Gasteiger partial charge in [-0.1, -0.05) is 35.9 Å². The minimum atomic E-state index is -0.924. The number of nitrogens with zero attached hydrogens (tertiary/aromatic N) is 2. The molecule has 2 saturated carbocycles. The van der Waals surface area contributed by atoms with Crippen molar-refractivity contribution in [1.29, 1.82) is 0 Å². The average molecular weight is 684 g/mol. The minimum Gasteiger partial charge on any atom is -0.494 e. The third-order valence-electron chi connectivity index (χ3n) is 9.38. The molecule has 0 amide bonds. The van der Waals surface area contributed by atoms with Gasteiger partial charge in [-0.05, 0) is 136 Å². The zero-order valence-electron chi connectivity index (χ0n) is 27.0. The molecule has 2 aliphatic carbocycles. The lowest BCUT2D eigenvalue weighted by molar-refractivity contribution is -0.0396. The number of rotatable bonds is 14. The molecular formula is C37H44Cl2N2O4S. The Hall–Kier alpha value is -2.55. The summed E-state index contributed by atoms with van der Waals surface area (Å²) in [6, 6.07) is 7.35. The maximum Gasteiger partial charge on any atom is 0.335 e. The third kappa shape index (κ3) is 8.48. The SMILES string of the molecule is C=Nc1c(SCN(C)C/C=C(\C)OC/C(=C\C2CC2)C(=C)c2c(Cl)cc(C)cc2Cl)cc(C(=O)O)cc1C1CC2(CCOCC2)C1. The maximum absolute atomic E-state index is 12.1. The number of carbonyl (C=O) groups is 1. The molecule has 3 fully saturated rings. The zero-order chi connectivity index (χ0) is 33.0. The molecule has 1 aliphatic heterocycles. The van der Waals surface area contributed by atoms with Gasteiger partial charge in [-0.2, -0.15) is 0 Å². The van der Waals surface area contributed by atoms with Gasteiger partial charge in [0.25, 0.3) is 0 Å². The summed E-state index contributed by atoms with van der Waals surface area (Å²) in [4.78, 5) is 19.5. The number of thioether (sulfide) groups is 1. The van der Waals surface area contributed by atoms with Crippen molar-refractivity contribution < 1.29 is 19.4 Å². The highest BCUT2D eigenvalue weighted by molar-refractivity contribution is 7.99. The molecule has 1 heterocycles. The van der Waals surface area contributed by atoms with Gasteiger partial charge >= 0.3 is 5.97 Å². The van der Waals surface area contributed by atoms with E-state index in [9.17, 15) is 9.90 Å². The van der Waals surface area contributed by atoms with E-state index in [0.717, 1.165) is 83.1 Å². The molecule has 1 saturated heterocycles. The number of aromatic carboxylic acids is 1. The maximum atomic E-state index is 12.1. The van der Waals surface area contributed by atoms with Crippen LogP contribution in [0.1, 0.15) is 78.4 Å². The lowest BCUT2D eigenvalue weighted by Gasteiger charge is -2.50. The van der Waals surface area contributed by atoms with E-state index in [2.05, 4.69) is 35.3 Å². The van der Waals surface area contributed by atoms with Crippen molar-refractivity contribution in [3.8, 4) is 0 Å². The van der Waals surface area contributed by atoms with Gasteiger partial charge in [0.15, 0.2) is 0 Å². The topological polar surface area (TPSA) is 71.4 Å². The monoisotopic (exact) mass is 682 g/mol. The highest BCUT2D eigenvalue weighted by atomic mass is 35.5. The Morgan fingerprint density at radius 2 is 1.87 bits per heavy atom. The van der Waals surface area contributed by atoms with E-state index >= 15 is 0 Å². The van der Waals surface area contributed by atoms with Gasteiger partial charge in [0.1, 0.15) is 6.61 Å². The standard InChI is InChI=1S/C37H44Cl2N2O4S/c1-23-14-31(38)34(32(39)15-23)25(3)28(16-26-6-7-26)21-45-24(2)8-11-41(5)22-46-33-18-27(36(42)43)17-30(35(33)40-4)29-19-37(20-29)9-12-44-13-10-37/h8,14-18,26,29H,3-4,6-7,9-13,19-22H2,1-2,5H3,(H,42,43)/b24-8+,28-16+. The van der Waals surface area contributed by atoms with Crippen molar-refractivity contribution in [1.82, 2.24) is 4.90 Å². The van der Waals surface area contributed by atoms with Crippen molar-refractivity contribution in [3.63, 3.8) is 0 Å². The number of likely N-dealkylation sites (N-methyl/N-ethyl adjacent to an activating group) is 1. The van der Waals surface area contributed by atoms with Crippen molar-refractivity contribution >= 4 is 58.9 Å². The molecule has 0 atom stereocenters. The van der Waals surface area contributed by atoms with Crippen LogP contribution in [0, 0.1) is 18.3 Å². The average Bonchev–Trinajstić information content (AvgIpc) is 3.83. The van der Waals surface area contributed by atoms with Gasteiger partial charge in [-0.25, -0.2) is 4.79 Å². The van der Waals surface area contributed by atoms with Crippen LogP contribution in [0.2, 0.25) is 10.0 Å². The van der Waals surface area contributed by atoms with Crippen LogP contribution in [0.25, 0.3) is 5.57 Å². The quantitative estimate of drug-likeness (QED) is 0.0703. The highest BCUT2D eigenvalue weighted by Crippen LogP contribution is 2.58. The lowest BCUT2D eigenvalue weighted by atomic mass is 9.56. The number of halogens is 2. The number of carboxylic acid groups (broad SMARTS) is 1. The summed E-state index contributed by atoms with van der Waals surface area (Å²) in [7, 11) is 2.03. The van der Waals surface area contributed by atoms with Crippen LogP contribution >= 0.6 is 35.0 Å². The van der Waals surface area contributed by atoms with Crippen LogP contribution < -0.4 is 0 Å². The molecule has 2 aromatic carbocycles. The first kappa shape index (κ1) is 34.8. The molecule has 0 unspecified atom stereocenters. The molecule has 0 bridgehead atoms. The van der Waals surface area contributed by atoms with Gasteiger partial charge in [-0.3, -0.25) is 9.89 Å². The predicted octanol–water partition coefficient (Wildman–Crippen LogP) is 9.96. The van der Waals surface area contributed by atoms with Crippen LogP contribution in [-0.4, -0.2) is 62.0 Å². The fourth-order valence-corrected chi connectivity index (χ4v) is 8.28. The summed E-state index contributed by atoms with van der Waals surface area (Å²) in [5, 5.41) is 11.1. The number of hydrogen-bond acceptors (Lipinski definition) is 6. The summed E-state index contributed by atoms with van der Waals surface area (Å²) >= 11 is 14.7. The predicted molar refractivity (Wildman–Crippen MR) is 191 cm³/mol. The molecule has 1 N–H and O–H groups in total. The second kappa shape index (κ2) is 15.1. The van der Waals surface area contributed by atoms with E-state index in [4.69, 9.17) is 32.7 Å². The summed E-state index contributed by atoms with van der Waals surface area (Å²) in [5.74, 6) is 1.36. The summed E-state index contributed by atoms with van der Waals surface area (Å²) < 4.78 is 11.8. The van der Waals surface area contributed by atoms with Gasteiger partial charge in [-0.15, -0.1) is 11.8 Å². The first-order chi connectivity index (χ1) is 22.0. The Bertz CT molecular complexity index is 1530. The smallest absolute Gasteiger partial charge is 0.335 e. The Morgan fingerprint density at radius 1 is 1.20 bits per heavy atom. The lowest BCUT2D eigenvalue weighted by Crippen LogP contribution is -2.40. The van der Waals surface area contributed by atoms with E-state index in [1.165, 1.54) is 12.8 Å². The van der Waals surface area contributed by atoms with E-state index in [0.29, 0.717) is 51.9 Å². The number of hydrogen-bond donors (Lipinski definition) is 1. The fourth-order valence-electron chi connectivity index (χ4n) is 6.46.